The summed E-state index contributed by atoms with van der Waals surface area (Å²) in [4.78, 5) is 4.39. The standard InChI is InChI=1S/C15H15N3/c1-11-4-2-3-5-12(11)9-18-10-17-14-8-13(16)6-7-15(14)18/h2-8,10H,9,16H2,1H3. The van der Waals surface area contributed by atoms with Crippen molar-refractivity contribution in [1.29, 1.82) is 0 Å². The van der Waals surface area contributed by atoms with Gasteiger partial charge < -0.3 is 10.3 Å². The maximum atomic E-state index is 5.76. The molecular formula is C15H15N3. The van der Waals surface area contributed by atoms with Crippen molar-refractivity contribution in [3.05, 3.63) is 59.9 Å². The predicted molar refractivity (Wildman–Crippen MR) is 74.4 cm³/mol. The third-order valence-corrected chi connectivity index (χ3v) is 3.25. The van der Waals surface area contributed by atoms with Crippen LogP contribution in [0.5, 0.6) is 0 Å². The molecule has 0 saturated heterocycles. The van der Waals surface area contributed by atoms with Gasteiger partial charge in [-0.2, -0.15) is 0 Å². The second-order valence-electron chi connectivity index (χ2n) is 4.55. The topological polar surface area (TPSA) is 43.8 Å². The molecule has 0 spiro atoms. The van der Waals surface area contributed by atoms with Gasteiger partial charge in [-0.1, -0.05) is 24.3 Å². The first-order valence-electron chi connectivity index (χ1n) is 5.99. The number of rotatable bonds is 2. The van der Waals surface area contributed by atoms with Gasteiger partial charge >= 0.3 is 0 Å². The Bertz CT molecular complexity index is 698. The van der Waals surface area contributed by atoms with E-state index in [2.05, 4.69) is 40.7 Å². The van der Waals surface area contributed by atoms with Crippen molar-refractivity contribution >= 4 is 16.7 Å². The maximum Gasteiger partial charge on any atom is 0.0961 e. The highest BCUT2D eigenvalue weighted by Gasteiger charge is 2.04. The molecule has 0 atom stereocenters. The lowest BCUT2D eigenvalue weighted by atomic mass is 10.1. The predicted octanol–water partition coefficient (Wildman–Crippen LogP) is 2.98. The van der Waals surface area contributed by atoms with Crippen molar-refractivity contribution < 1.29 is 0 Å². The number of benzene rings is 2. The van der Waals surface area contributed by atoms with Gasteiger partial charge in [-0.05, 0) is 36.2 Å². The molecule has 1 aromatic heterocycles. The average molecular weight is 237 g/mol. The van der Waals surface area contributed by atoms with E-state index in [9.17, 15) is 0 Å². The SMILES string of the molecule is Cc1ccccc1Cn1cnc2cc(N)ccc21. The van der Waals surface area contributed by atoms with Crippen LogP contribution in [0.3, 0.4) is 0 Å². The number of imidazole rings is 1. The molecule has 0 aliphatic carbocycles. The smallest absolute Gasteiger partial charge is 0.0961 e. The number of nitrogens with two attached hydrogens (primary N) is 1. The Morgan fingerprint density at radius 2 is 2.00 bits per heavy atom. The van der Waals surface area contributed by atoms with Gasteiger partial charge in [0.15, 0.2) is 0 Å². The van der Waals surface area contributed by atoms with Gasteiger partial charge in [0.05, 0.1) is 17.4 Å². The molecule has 3 nitrogen and oxygen atoms in total. The molecule has 2 aromatic carbocycles. The molecule has 0 aliphatic rings. The van der Waals surface area contributed by atoms with Crippen LogP contribution < -0.4 is 5.73 Å². The minimum absolute atomic E-state index is 0.753. The largest absolute Gasteiger partial charge is 0.399 e. The van der Waals surface area contributed by atoms with Crippen LogP contribution in [-0.4, -0.2) is 9.55 Å². The Morgan fingerprint density at radius 3 is 2.83 bits per heavy atom. The summed E-state index contributed by atoms with van der Waals surface area (Å²) in [5, 5.41) is 0. The van der Waals surface area contributed by atoms with E-state index in [-0.39, 0.29) is 0 Å². The third-order valence-electron chi connectivity index (χ3n) is 3.25. The van der Waals surface area contributed by atoms with Crippen molar-refractivity contribution in [2.75, 3.05) is 5.73 Å². The molecule has 0 saturated carbocycles. The van der Waals surface area contributed by atoms with Crippen LogP contribution in [0.2, 0.25) is 0 Å². The first-order valence-corrected chi connectivity index (χ1v) is 5.99. The third kappa shape index (κ3) is 1.84. The Hall–Kier alpha value is -2.29. The quantitative estimate of drug-likeness (QED) is 0.696. The van der Waals surface area contributed by atoms with Gasteiger partial charge in [0, 0.05) is 12.2 Å². The number of anilines is 1. The fourth-order valence-electron chi connectivity index (χ4n) is 2.18. The fourth-order valence-corrected chi connectivity index (χ4v) is 2.18. The van der Waals surface area contributed by atoms with E-state index < -0.39 is 0 Å². The fraction of sp³-hybridized carbons (Fsp3) is 0.133. The normalized spacial score (nSPS) is 10.9. The number of fused-ring (bicyclic) bond motifs is 1. The number of aromatic nitrogens is 2. The molecule has 0 bridgehead atoms. The summed E-state index contributed by atoms with van der Waals surface area (Å²) in [5.74, 6) is 0. The number of hydrogen-bond acceptors (Lipinski definition) is 2. The number of nitrogen functional groups attached to an aromatic ring is 1. The van der Waals surface area contributed by atoms with Crippen LogP contribution in [0.4, 0.5) is 5.69 Å². The molecular weight excluding hydrogens is 222 g/mol. The summed E-state index contributed by atoms with van der Waals surface area (Å²) in [7, 11) is 0. The zero-order valence-corrected chi connectivity index (χ0v) is 10.3. The minimum atomic E-state index is 0.753. The Kier molecular flexibility index (Phi) is 2.52. The van der Waals surface area contributed by atoms with Crippen LogP contribution in [0.1, 0.15) is 11.1 Å². The highest BCUT2D eigenvalue weighted by Crippen LogP contribution is 2.18. The molecule has 3 heteroatoms. The molecule has 0 fully saturated rings. The van der Waals surface area contributed by atoms with Crippen molar-refractivity contribution in [3.63, 3.8) is 0 Å². The lowest BCUT2D eigenvalue weighted by Gasteiger charge is -2.07. The van der Waals surface area contributed by atoms with Crippen LogP contribution in [-0.2, 0) is 6.54 Å². The second-order valence-corrected chi connectivity index (χ2v) is 4.55. The van der Waals surface area contributed by atoms with Crippen LogP contribution in [0, 0.1) is 6.92 Å². The van der Waals surface area contributed by atoms with Crippen molar-refractivity contribution in [2.45, 2.75) is 13.5 Å². The number of hydrogen-bond donors (Lipinski definition) is 1. The van der Waals surface area contributed by atoms with E-state index >= 15 is 0 Å². The number of aryl methyl sites for hydroxylation is 1. The van der Waals surface area contributed by atoms with Gasteiger partial charge in [0.1, 0.15) is 0 Å². The molecule has 90 valence electrons. The van der Waals surface area contributed by atoms with Crippen molar-refractivity contribution in [2.24, 2.45) is 0 Å². The molecule has 18 heavy (non-hydrogen) atoms. The first-order chi connectivity index (χ1) is 8.74. The molecule has 3 aromatic rings. The van der Waals surface area contributed by atoms with E-state index in [1.54, 1.807) is 0 Å². The summed E-state index contributed by atoms with van der Waals surface area (Å²) >= 11 is 0. The van der Waals surface area contributed by atoms with Crippen LogP contribution in [0.15, 0.2) is 48.8 Å². The highest BCUT2D eigenvalue weighted by molar-refractivity contribution is 5.79. The highest BCUT2D eigenvalue weighted by atomic mass is 15.0. The molecule has 0 amide bonds. The first kappa shape index (κ1) is 10.8. The maximum absolute atomic E-state index is 5.76. The van der Waals surface area contributed by atoms with E-state index in [1.165, 1.54) is 11.1 Å². The Morgan fingerprint density at radius 1 is 1.17 bits per heavy atom. The van der Waals surface area contributed by atoms with Gasteiger partial charge in [0.2, 0.25) is 0 Å². The van der Waals surface area contributed by atoms with Gasteiger partial charge in [-0.15, -0.1) is 0 Å². The molecule has 0 unspecified atom stereocenters. The van der Waals surface area contributed by atoms with Crippen molar-refractivity contribution in [1.82, 2.24) is 9.55 Å². The molecule has 3 rings (SSSR count). The zero-order chi connectivity index (χ0) is 12.5. The second kappa shape index (κ2) is 4.18. The van der Waals surface area contributed by atoms with Crippen LogP contribution in [0.25, 0.3) is 11.0 Å². The lowest BCUT2D eigenvalue weighted by molar-refractivity contribution is 0.818. The van der Waals surface area contributed by atoms with Crippen molar-refractivity contribution in [3.8, 4) is 0 Å². The van der Waals surface area contributed by atoms with Crippen LogP contribution >= 0.6 is 0 Å². The number of nitrogens with zero attached hydrogens (tertiary/aromatic N) is 2. The molecule has 0 aliphatic heterocycles. The van der Waals surface area contributed by atoms with E-state index in [0.717, 1.165) is 23.3 Å². The lowest BCUT2D eigenvalue weighted by Crippen LogP contribution is -1.99. The minimum Gasteiger partial charge on any atom is -0.399 e. The van der Waals surface area contributed by atoms with Gasteiger partial charge in [-0.25, -0.2) is 4.98 Å². The molecule has 0 radical (unpaired) electrons. The van der Waals surface area contributed by atoms with E-state index in [0.29, 0.717) is 0 Å². The Balaban J connectivity index is 2.03. The summed E-state index contributed by atoms with van der Waals surface area (Å²) < 4.78 is 2.15. The monoisotopic (exact) mass is 237 g/mol. The Labute approximate surface area is 106 Å². The molecule has 1 heterocycles. The summed E-state index contributed by atoms with van der Waals surface area (Å²) in [6.07, 6.45) is 1.87. The molecule has 2 N–H and O–H groups in total. The van der Waals surface area contributed by atoms with E-state index in [1.807, 2.05) is 24.5 Å². The summed E-state index contributed by atoms with van der Waals surface area (Å²) in [5.41, 5.74) is 11.2. The van der Waals surface area contributed by atoms with Gasteiger partial charge in [0.25, 0.3) is 0 Å². The summed E-state index contributed by atoms with van der Waals surface area (Å²) in [6, 6.07) is 14.3. The van der Waals surface area contributed by atoms with Gasteiger partial charge in [-0.3, -0.25) is 0 Å². The van der Waals surface area contributed by atoms with E-state index in [4.69, 9.17) is 5.73 Å². The average Bonchev–Trinajstić information content (AvgIpc) is 2.74. The zero-order valence-electron chi connectivity index (χ0n) is 10.3. The summed E-state index contributed by atoms with van der Waals surface area (Å²) in [6.45, 7) is 2.97.